The molecule has 0 saturated heterocycles. The van der Waals surface area contributed by atoms with Crippen LogP contribution in [0.4, 0.5) is 0 Å². The molecule has 0 aliphatic heterocycles. The molecule has 1 heterocycles. The fraction of sp³-hybridized carbons (Fsp3) is 0.400. The maximum atomic E-state index is 11.4. The monoisotopic (exact) mass is 340 g/mol. The van der Waals surface area contributed by atoms with E-state index < -0.39 is 0 Å². The highest BCUT2D eigenvalue weighted by Gasteiger charge is 2.09. The third-order valence-corrected chi connectivity index (χ3v) is 3.08. The Kier molecular flexibility index (Phi) is 8.07. The van der Waals surface area contributed by atoms with E-state index in [9.17, 15) is 4.79 Å². The Hall–Kier alpha value is -2.12. The van der Waals surface area contributed by atoms with Crippen molar-refractivity contribution in [2.24, 2.45) is 5.73 Å². The zero-order valence-corrected chi connectivity index (χ0v) is 13.8. The van der Waals surface area contributed by atoms with Gasteiger partial charge in [0.2, 0.25) is 17.6 Å². The number of nitrogens with zero attached hydrogens (tertiary/aromatic N) is 2. The fourth-order valence-corrected chi connectivity index (χ4v) is 1.91. The van der Waals surface area contributed by atoms with Gasteiger partial charge in [-0.25, -0.2) is 0 Å². The number of carbonyl (C=O) groups excluding carboxylic acids is 1. The summed E-state index contributed by atoms with van der Waals surface area (Å²) >= 11 is 0. The van der Waals surface area contributed by atoms with Gasteiger partial charge in [-0.2, -0.15) is 4.98 Å². The summed E-state index contributed by atoms with van der Waals surface area (Å²) in [4.78, 5) is 15.8. The topological polar surface area (TPSA) is 103 Å². The minimum absolute atomic E-state index is 0. The van der Waals surface area contributed by atoms with E-state index in [1.165, 1.54) is 0 Å². The number of nitrogens with two attached hydrogens (primary N) is 1. The third kappa shape index (κ3) is 5.88. The highest BCUT2D eigenvalue weighted by molar-refractivity contribution is 5.85. The van der Waals surface area contributed by atoms with Crippen molar-refractivity contribution in [3.63, 3.8) is 0 Å². The Bertz CT molecular complexity index is 601. The number of carbonyl (C=O) groups is 1. The van der Waals surface area contributed by atoms with Gasteiger partial charge in [0, 0.05) is 31.5 Å². The van der Waals surface area contributed by atoms with Gasteiger partial charge in [-0.05, 0) is 30.7 Å². The molecular weight excluding hydrogens is 320 g/mol. The third-order valence-electron chi connectivity index (χ3n) is 3.08. The van der Waals surface area contributed by atoms with Crippen LogP contribution < -0.4 is 15.8 Å². The number of aryl methyl sites for hydroxylation is 1. The molecule has 1 amide bonds. The van der Waals surface area contributed by atoms with Crippen molar-refractivity contribution < 1.29 is 14.1 Å². The number of halogens is 1. The van der Waals surface area contributed by atoms with E-state index in [1.54, 1.807) is 7.11 Å². The molecule has 0 spiro atoms. The molecule has 2 rings (SSSR count). The summed E-state index contributed by atoms with van der Waals surface area (Å²) in [7, 11) is 1.62. The quantitative estimate of drug-likeness (QED) is 0.756. The maximum Gasteiger partial charge on any atom is 0.226 e. The lowest BCUT2D eigenvalue weighted by molar-refractivity contribution is -0.121. The zero-order valence-electron chi connectivity index (χ0n) is 12.9. The number of amides is 1. The Labute approximate surface area is 141 Å². The molecule has 23 heavy (non-hydrogen) atoms. The van der Waals surface area contributed by atoms with Crippen molar-refractivity contribution >= 4 is 18.3 Å². The Morgan fingerprint density at radius 1 is 1.35 bits per heavy atom. The molecule has 0 saturated carbocycles. The molecule has 3 N–H and O–H groups in total. The molecule has 0 atom stereocenters. The highest BCUT2D eigenvalue weighted by atomic mass is 35.5. The van der Waals surface area contributed by atoms with Crippen molar-refractivity contribution in [2.75, 3.05) is 20.2 Å². The first-order valence-corrected chi connectivity index (χ1v) is 7.16. The van der Waals surface area contributed by atoms with E-state index in [2.05, 4.69) is 15.5 Å². The number of benzene rings is 1. The largest absolute Gasteiger partial charge is 0.497 e. The summed E-state index contributed by atoms with van der Waals surface area (Å²) in [6, 6.07) is 7.42. The SMILES string of the molecule is COc1ccc(-c2noc(CCCC(=O)NCCN)n2)cc1.Cl. The van der Waals surface area contributed by atoms with Gasteiger partial charge in [0.15, 0.2) is 0 Å². The van der Waals surface area contributed by atoms with E-state index >= 15 is 0 Å². The van der Waals surface area contributed by atoms with Gasteiger partial charge in [-0.15, -0.1) is 12.4 Å². The van der Waals surface area contributed by atoms with Crippen molar-refractivity contribution in [1.82, 2.24) is 15.5 Å². The number of rotatable bonds is 8. The van der Waals surface area contributed by atoms with Gasteiger partial charge in [0.1, 0.15) is 5.75 Å². The minimum Gasteiger partial charge on any atom is -0.497 e. The predicted octanol–water partition coefficient (Wildman–Crippen LogP) is 1.56. The van der Waals surface area contributed by atoms with Crippen LogP contribution in [-0.4, -0.2) is 36.2 Å². The number of aromatic nitrogens is 2. The van der Waals surface area contributed by atoms with Gasteiger partial charge in [0.05, 0.1) is 7.11 Å². The summed E-state index contributed by atoms with van der Waals surface area (Å²) in [5, 5.41) is 6.66. The normalized spacial score (nSPS) is 10.0. The van der Waals surface area contributed by atoms with Crippen LogP contribution in [-0.2, 0) is 11.2 Å². The van der Waals surface area contributed by atoms with Gasteiger partial charge in [0.25, 0.3) is 0 Å². The summed E-state index contributed by atoms with van der Waals surface area (Å²) in [6.07, 6.45) is 1.64. The van der Waals surface area contributed by atoms with E-state index in [1.807, 2.05) is 24.3 Å². The summed E-state index contributed by atoms with van der Waals surface area (Å²) < 4.78 is 10.3. The number of hydrogen-bond donors (Lipinski definition) is 2. The second kappa shape index (κ2) is 9.81. The van der Waals surface area contributed by atoms with Crippen LogP contribution in [0.5, 0.6) is 5.75 Å². The number of methoxy groups -OCH3 is 1. The summed E-state index contributed by atoms with van der Waals surface area (Å²) in [5.74, 6) is 1.82. The number of hydrogen-bond acceptors (Lipinski definition) is 6. The molecule has 0 aliphatic carbocycles. The minimum atomic E-state index is -0.0136. The Morgan fingerprint density at radius 2 is 2.09 bits per heavy atom. The first kappa shape index (κ1) is 18.9. The molecule has 0 aliphatic rings. The first-order valence-electron chi connectivity index (χ1n) is 7.16. The average Bonchev–Trinajstić information content (AvgIpc) is 3.02. The van der Waals surface area contributed by atoms with E-state index in [0.717, 1.165) is 11.3 Å². The van der Waals surface area contributed by atoms with Crippen LogP contribution in [0.2, 0.25) is 0 Å². The summed E-state index contributed by atoms with van der Waals surface area (Å²) in [6.45, 7) is 0.946. The average molecular weight is 341 g/mol. The lowest BCUT2D eigenvalue weighted by atomic mass is 10.2. The van der Waals surface area contributed by atoms with Gasteiger partial charge < -0.3 is 20.3 Å². The molecule has 7 nitrogen and oxygen atoms in total. The fourth-order valence-electron chi connectivity index (χ4n) is 1.91. The molecule has 0 bridgehead atoms. The molecule has 1 aromatic heterocycles. The van der Waals surface area contributed by atoms with Crippen LogP contribution in [0.15, 0.2) is 28.8 Å². The van der Waals surface area contributed by atoms with Crippen LogP contribution in [0, 0.1) is 0 Å². The second-order valence-electron chi connectivity index (χ2n) is 4.73. The molecule has 0 fully saturated rings. The molecule has 2 aromatic rings. The maximum absolute atomic E-state index is 11.4. The molecule has 0 radical (unpaired) electrons. The molecular formula is C15H21ClN4O3. The van der Waals surface area contributed by atoms with Crippen LogP contribution in [0.3, 0.4) is 0 Å². The predicted molar refractivity (Wildman–Crippen MR) is 88.5 cm³/mol. The van der Waals surface area contributed by atoms with Crippen LogP contribution in [0.1, 0.15) is 18.7 Å². The van der Waals surface area contributed by atoms with Crippen LogP contribution in [0.25, 0.3) is 11.4 Å². The highest BCUT2D eigenvalue weighted by Crippen LogP contribution is 2.20. The molecule has 0 unspecified atom stereocenters. The van der Waals surface area contributed by atoms with Gasteiger partial charge >= 0.3 is 0 Å². The lowest BCUT2D eigenvalue weighted by Gasteiger charge is -2.01. The zero-order chi connectivity index (χ0) is 15.8. The van der Waals surface area contributed by atoms with Crippen molar-refractivity contribution in [3.8, 4) is 17.1 Å². The lowest BCUT2D eigenvalue weighted by Crippen LogP contribution is -2.28. The van der Waals surface area contributed by atoms with E-state index in [-0.39, 0.29) is 18.3 Å². The van der Waals surface area contributed by atoms with Crippen molar-refractivity contribution in [1.29, 1.82) is 0 Å². The molecule has 1 aromatic carbocycles. The van der Waals surface area contributed by atoms with Gasteiger partial charge in [-0.3, -0.25) is 4.79 Å². The second-order valence-corrected chi connectivity index (χ2v) is 4.73. The Balaban J connectivity index is 0.00000264. The smallest absolute Gasteiger partial charge is 0.226 e. The Morgan fingerprint density at radius 3 is 2.74 bits per heavy atom. The summed E-state index contributed by atoms with van der Waals surface area (Å²) in [5.41, 5.74) is 6.17. The number of nitrogens with one attached hydrogen (secondary N) is 1. The van der Waals surface area contributed by atoms with Crippen LogP contribution >= 0.6 is 12.4 Å². The standard InChI is InChI=1S/C15H20N4O3.ClH/c1-21-12-7-5-11(6-8-12)15-18-14(22-19-15)4-2-3-13(20)17-10-9-16;/h5-8H,2-4,9-10,16H2,1H3,(H,17,20);1H. The van der Waals surface area contributed by atoms with E-state index in [4.69, 9.17) is 15.0 Å². The van der Waals surface area contributed by atoms with Crippen molar-refractivity contribution in [2.45, 2.75) is 19.3 Å². The van der Waals surface area contributed by atoms with Crippen molar-refractivity contribution in [3.05, 3.63) is 30.2 Å². The number of ether oxygens (including phenoxy) is 1. The molecule has 126 valence electrons. The molecule has 8 heteroatoms. The van der Waals surface area contributed by atoms with E-state index in [0.29, 0.717) is 44.1 Å². The first-order chi connectivity index (χ1) is 10.7. The van der Waals surface area contributed by atoms with Gasteiger partial charge in [-0.1, -0.05) is 5.16 Å².